The molecule has 11 heteroatoms. The molecule has 1 aromatic carbocycles. The first-order valence-corrected chi connectivity index (χ1v) is 11.3. The number of methoxy groups -OCH3 is 1. The van der Waals surface area contributed by atoms with Crippen LogP contribution in [0.15, 0.2) is 77.9 Å². The second-order valence-corrected chi connectivity index (χ2v) is 8.10. The number of aromatic nitrogens is 4. The number of carbonyl (C=O) groups excluding carboxylic acids is 1. The highest BCUT2D eigenvalue weighted by Crippen LogP contribution is 2.31. The molecular formula is C27H19F2N5O4. The average Bonchev–Trinajstić information content (AvgIpc) is 2.91. The zero-order chi connectivity index (χ0) is 26.8. The van der Waals surface area contributed by atoms with Crippen LogP contribution >= 0.6 is 0 Å². The standard InChI is InChI=1S/C27H19F2N5O4/c1-15-3-6-18(27(36)34(15)23-9-4-16(28)14-31-23)26(35)32-17-5-8-21(19(29)13-17)38-22-11-12-30-20-7-10-24(37-2)33-25(20)22/h3-14H,1-2H3,(H,32,35). The normalized spacial score (nSPS) is 10.8. The second-order valence-electron chi connectivity index (χ2n) is 8.10. The molecule has 0 fully saturated rings. The Morgan fingerprint density at radius 3 is 2.55 bits per heavy atom. The van der Waals surface area contributed by atoms with Gasteiger partial charge in [0, 0.05) is 35.8 Å². The summed E-state index contributed by atoms with van der Waals surface area (Å²) in [6.07, 6.45) is 2.48. The summed E-state index contributed by atoms with van der Waals surface area (Å²) in [4.78, 5) is 38.4. The van der Waals surface area contributed by atoms with Gasteiger partial charge in [0.2, 0.25) is 5.88 Å². The fourth-order valence-corrected chi connectivity index (χ4v) is 3.75. The molecule has 0 aliphatic carbocycles. The smallest absolute Gasteiger partial charge is 0.269 e. The fourth-order valence-electron chi connectivity index (χ4n) is 3.75. The minimum absolute atomic E-state index is 0.102. The Bertz CT molecular complexity index is 1740. The lowest BCUT2D eigenvalue weighted by Crippen LogP contribution is -2.29. The van der Waals surface area contributed by atoms with E-state index in [4.69, 9.17) is 9.47 Å². The summed E-state index contributed by atoms with van der Waals surface area (Å²) in [6.45, 7) is 1.65. The predicted octanol–water partition coefficient (Wildman–Crippen LogP) is 4.82. The van der Waals surface area contributed by atoms with Gasteiger partial charge in [-0.2, -0.15) is 0 Å². The van der Waals surface area contributed by atoms with Gasteiger partial charge in [0.05, 0.1) is 18.8 Å². The van der Waals surface area contributed by atoms with Crippen molar-refractivity contribution in [2.45, 2.75) is 6.92 Å². The lowest BCUT2D eigenvalue weighted by molar-refractivity contribution is 0.102. The monoisotopic (exact) mass is 515 g/mol. The van der Waals surface area contributed by atoms with E-state index in [2.05, 4.69) is 20.3 Å². The van der Waals surface area contributed by atoms with Crippen molar-refractivity contribution in [3.8, 4) is 23.2 Å². The van der Waals surface area contributed by atoms with E-state index in [9.17, 15) is 18.4 Å². The van der Waals surface area contributed by atoms with Crippen LogP contribution in [-0.4, -0.2) is 32.5 Å². The minimum Gasteiger partial charge on any atom is -0.481 e. The van der Waals surface area contributed by atoms with Crippen LogP contribution in [0.4, 0.5) is 14.5 Å². The maximum absolute atomic E-state index is 14.9. The van der Waals surface area contributed by atoms with Crippen LogP contribution in [0, 0.1) is 18.6 Å². The van der Waals surface area contributed by atoms with Crippen molar-refractivity contribution in [2.75, 3.05) is 12.4 Å². The molecule has 0 bridgehead atoms. The molecule has 38 heavy (non-hydrogen) atoms. The number of nitrogens with one attached hydrogen (secondary N) is 1. The number of amides is 1. The van der Waals surface area contributed by atoms with Gasteiger partial charge in [-0.05, 0) is 49.4 Å². The molecule has 0 saturated heterocycles. The van der Waals surface area contributed by atoms with Gasteiger partial charge >= 0.3 is 0 Å². The highest BCUT2D eigenvalue weighted by atomic mass is 19.1. The van der Waals surface area contributed by atoms with Crippen molar-refractivity contribution in [3.63, 3.8) is 0 Å². The number of ether oxygens (including phenoxy) is 2. The fraction of sp³-hybridized carbons (Fsp3) is 0.0741. The van der Waals surface area contributed by atoms with Crippen molar-refractivity contribution in [3.05, 3.63) is 106 Å². The van der Waals surface area contributed by atoms with Crippen LogP contribution in [0.3, 0.4) is 0 Å². The molecular weight excluding hydrogens is 496 g/mol. The van der Waals surface area contributed by atoms with E-state index in [0.29, 0.717) is 22.6 Å². The zero-order valence-corrected chi connectivity index (χ0v) is 20.1. The number of halogens is 2. The first-order chi connectivity index (χ1) is 18.3. The van der Waals surface area contributed by atoms with Crippen LogP contribution in [0.5, 0.6) is 17.4 Å². The number of nitrogens with zero attached hydrogens (tertiary/aromatic N) is 4. The van der Waals surface area contributed by atoms with Crippen LogP contribution in [0.2, 0.25) is 0 Å². The predicted molar refractivity (Wildman–Crippen MR) is 135 cm³/mol. The molecule has 0 unspecified atom stereocenters. The Hall–Kier alpha value is -5.19. The summed E-state index contributed by atoms with van der Waals surface area (Å²) in [5, 5.41) is 2.52. The molecule has 9 nitrogen and oxygen atoms in total. The summed E-state index contributed by atoms with van der Waals surface area (Å²) in [5.41, 5.74) is 0.655. The molecule has 0 saturated carbocycles. The Morgan fingerprint density at radius 2 is 1.82 bits per heavy atom. The number of anilines is 1. The number of rotatable bonds is 6. The van der Waals surface area contributed by atoms with E-state index in [-0.39, 0.29) is 28.6 Å². The molecule has 5 aromatic rings. The lowest BCUT2D eigenvalue weighted by atomic mass is 10.2. The minimum atomic E-state index is -0.757. The second kappa shape index (κ2) is 10.1. The topological polar surface area (TPSA) is 108 Å². The molecule has 4 aromatic heterocycles. The van der Waals surface area contributed by atoms with Crippen molar-refractivity contribution in [2.24, 2.45) is 0 Å². The van der Waals surface area contributed by atoms with Gasteiger partial charge < -0.3 is 14.8 Å². The average molecular weight is 515 g/mol. The van der Waals surface area contributed by atoms with Gasteiger partial charge in [-0.25, -0.2) is 18.7 Å². The molecule has 0 aliphatic heterocycles. The molecule has 4 heterocycles. The van der Waals surface area contributed by atoms with E-state index in [1.54, 1.807) is 31.2 Å². The third-order valence-corrected chi connectivity index (χ3v) is 5.60. The van der Waals surface area contributed by atoms with E-state index >= 15 is 0 Å². The van der Waals surface area contributed by atoms with Crippen LogP contribution in [-0.2, 0) is 0 Å². The molecule has 0 atom stereocenters. The number of hydrogen-bond acceptors (Lipinski definition) is 7. The zero-order valence-electron chi connectivity index (χ0n) is 20.1. The summed E-state index contributed by atoms with van der Waals surface area (Å²) in [7, 11) is 1.48. The maximum atomic E-state index is 14.9. The number of carbonyl (C=O) groups is 1. The summed E-state index contributed by atoms with van der Waals surface area (Å²) < 4.78 is 40.3. The number of fused-ring (bicyclic) bond motifs is 1. The Balaban J connectivity index is 1.39. The van der Waals surface area contributed by atoms with Gasteiger partial charge in [-0.1, -0.05) is 0 Å². The highest BCUT2D eigenvalue weighted by Gasteiger charge is 2.17. The van der Waals surface area contributed by atoms with E-state index in [0.717, 1.165) is 18.3 Å². The van der Waals surface area contributed by atoms with Gasteiger partial charge in [-0.15, -0.1) is 0 Å². The van der Waals surface area contributed by atoms with Gasteiger partial charge in [0.1, 0.15) is 22.7 Å². The summed E-state index contributed by atoms with van der Waals surface area (Å²) in [6, 6.07) is 14.1. The van der Waals surface area contributed by atoms with Crippen molar-refractivity contribution in [1.82, 2.24) is 19.5 Å². The van der Waals surface area contributed by atoms with Gasteiger partial charge in [0.25, 0.3) is 11.5 Å². The molecule has 1 N–H and O–H groups in total. The molecule has 0 radical (unpaired) electrons. The first kappa shape index (κ1) is 24.5. The molecule has 1 amide bonds. The van der Waals surface area contributed by atoms with Crippen LogP contribution in [0.1, 0.15) is 16.1 Å². The van der Waals surface area contributed by atoms with Crippen LogP contribution in [0.25, 0.3) is 16.9 Å². The molecule has 190 valence electrons. The SMILES string of the molecule is COc1ccc2nccc(Oc3ccc(NC(=O)c4ccc(C)n(-c5ccc(F)cn5)c4=O)cc3F)c2n1. The van der Waals surface area contributed by atoms with Gasteiger partial charge in [0.15, 0.2) is 17.3 Å². The van der Waals surface area contributed by atoms with Crippen molar-refractivity contribution in [1.29, 1.82) is 0 Å². The number of benzene rings is 1. The lowest BCUT2D eigenvalue weighted by Gasteiger charge is -2.12. The molecule has 0 aliphatic rings. The maximum Gasteiger partial charge on any atom is 0.269 e. The number of aryl methyl sites for hydroxylation is 1. The third kappa shape index (κ3) is 4.76. The summed E-state index contributed by atoms with van der Waals surface area (Å²) >= 11 is 0. The van der Waals surface area contributed by atoms with E-state index < -0.39 is 23.1 Å². The van der Waals surface area contributed by atoms with Gasteiger partial charge in [-0.3, -0.25) is 19.1 Å². The Kier molecular flexibility index (Phi) is 6.48. The summed E-state index contributed by atoms with van der Waals surface area (Å²) in [5.74, 6) is -1.41. The Labute approximate surface area is 214 Å². The first-order valence-electron chi connectivity index (χ1n) is 11.3. The van der Waals surface area contributed by atoms with Crippen molar-refractivity contribution >= 4 is 22.6 Å². The highest BCUT2D eigenvalue weighted by molar-refractivity contribution is 6.04. The van der Waals surface area contributed by atoms with E-state index in [1.807, 2.05) is 0 Å². The van der Waals surface area contributed by atoms with Crippen molar-refractivity contribution < 1.29 is 23.0 Å². The largest absolute Gasteiger partial charge is 0.481 e. The van der Waals surface area contributed by atoms with Crippen LogP contribution < -0.4 is 20.3 Å². The quantitative estimate of drug-likeness (QED) is 0.346. The Morgan fingerprint density at radius 1 is 0.974 bits per heavy atom. The molecule has 5 rings (SSSR count). The van der Waals surface area contributed by atoms with E-state index in [1.165, 1.54) is 42.1 Å². The number of pyridine rings is 4. The number of hydrogen-bond donors (Lipinski definition) is 1. The molecule has 0 spiro atoms. The third-order valence-electron chi connectivity index (χ3n) is 5.60.